The zero-order valence-electron chi connectivity index (χ0n) is 11.8. The summed E-state index contributed by atoms with van der Waals surface area (Å²) in [5.41, 5.74) is -1.82. The Bertz CT molecular complexity index is 870. The summed E-state index contributed by atoms with van der Waals surface area (Å²) in [4.78, 5) is 15.8. The van der Waals surface area contributed by atoms with Crippen LogP contribution in [-0.4, -0.2) is 27.3 Å². The molecule has 0 unspecified atom stereocenters. The number of pyridine rings is 1. The molecule has 0 N–H and O–H groups in total. The number of nitrogens with zero attached hydrogens (tertiary/aromatic N) is 3. The second-order valence-corrected chi connectivity index (χ2v) is 5.43. The third kappa shape index (κ3) is 2.67. The van der Waals surface area contributed by atoms with Crippen LogP contribution in [0.4, 0.5) is 13.2 Å². The van der Waals surface area contributed by atoms with E-state index in [1.807, 2.05) is 0 Å². The molecule has 23 heavy (non-hydrogen) atoms. The Balaban J connectivity index is 2.24. The molecule has 0 saturated carbocycles. The van der Waals surface area contributed by atoms with Gasteiger partial charge in [0.1, 0.15) is 5.56 Å². The van der Waals surface area contributed by atoms with Crippen LogP contribution in [0.5, 0.6) is 0 Å². The van der Waals surface area contributed by atoms with Crippen molar-refractivity contribution in [3.63, 3.8) is 0 Å². The molecule has 0 spiro atoms. The summed E-state index contributed by atoms with van der Waals surface area (Å²) < 4.78 is 46.3. The molecule has 0 aromatic carbocycles. The third-order valence-corrected chi connectivity index (χ3v) is 4.01. The maximum atomic E-state index is 13.5. The van der Waals surface area contributed by atoms with Crippen molar-refractivity contribution in [3.05, 3.63) is 41.2 Å². The van der Waals surface area contributed by atoms with Gasteiger partial charge in [-0.2, -0.15) is 18.3 Å². The highest BCUT2D eigenvalue weighted by molar-refractivity contribution is 7.17. The van der Waals surface area contributed by atoms with Gasteiger partial charge in [-0.15, -0.1) is 11.3 Å². The van der Waals surface area contributed by atoms with Gasteiger partial charge >= 0.3 is 12.1 Å². The van der Waals surface area contributed by atoms with E-state index < -0.39 is 23.4 Å². The lowest BCUT2D eigenvalue weighted by Crippen LogP contribution is -2.19. The molecule has 0 saturated heterocycles. The minimum atomic E-state index is -4.78. The van der Waals surface area contributed by atoms with E-state index in [4.69, 9.17) is 0 Å². The summed E-state index contributed by atoms with van der Waals surface area (Å²) in [6, 6.07) is 3.46. The van der Waals surface area contributed by atoms with Crippen molar-refractivity contribution in [2.45, 2.75) is 13.1 Å². The molecule has 0 bridgehead atoms. The fourth-order valence-corrected chi connectivity index (χ4v) is 3.04. The van der Waals surface area contributed by atoms with Crippen LogP contribution in [0.2, 0.25) is 0 Å². The molecular formula is C14H10F3N3O2S. The average Bonchev–Trinajstić information content (AvgIpc) is 3.13. The normalized spacial score (nSPS) is 11.8. The molecule has 3 rings (SSSR count). The van der Waals surface area contributed by atoms with Gasteiger partial charge in [-0.25, -0.2) is 14.5 Å². The van der Waals surface area contributed by atoms with Gasteiger partial charge in [0.2, 0.25) is 0 Å². The van der Waals surface area contributed by atoms with E-state index >= 15 is 0 Å². The van der Waals surface area contributed by atoms with Crippen LogP contribution in [0, 0.1) is 0 Å². The zero-order chi connectivity index (χ0) is 16.6. The predicted molar refractivity (Wildman–Crippen MR) is 77.7 cm³/mol. The van der Waals surface area contributed by atoms with Gasteiger partial charge in [-0.1, -0.05) is 0 Å². The van der Waals surface area contributed by atoms with Gasteiger partial charge in [0.25, 0.3) is 0 Å². The first-order valence-electron chi connectivity index (χ1n) is 6.58. The molecule has 5 nitrogen and oxygen atoms in total. The number of aromatic nitrogens is 3. The molecule has 0 aliphatic rings. The standard InChI is InChI=1S/C14H10F3N3O2S/c1-2-22-13(21)9-7-19-20(11(9)14(15,16)17)12-10-8(3-5-18-12)4-6-23-10/h3-7H,2H2,1H3. The number of fused-ring (bicyclic) bond motifs is 1. The van der Waals surface area contributed by atoms with E-state index in [1.165, 1.54) is 24.5 Å². The van der Waals surface area contributed by atoms with Crippen LogP contribution in [0.25, 0.3) is 15.9 Å². The van der Waals surface area contributed by atoms with Crippen LogP contribution in [0.1, 0.15) is 23.0 Å². The van der Waals surface area contributed by atoms with E-state index in [0.29, 0.717) is 9.38 Å². The summed E-state index contributed by atoms with van der Waals surface area (Å²) in [7, 11) is 0. The minimum Gasteiger partial charge on any atom is -0.462 e. The predicted octanol–water partition coefficient (Wildman–Crippen LogP) is 3.68. The number of thiophene rings is 1. The second-order valence-electron chi connectivity index (χ2n) is 4.51. The fraction of sp³-hybridized carbons (Fsp3) is 0.214. The summed E-state index contributed by atoms with van der Waals surface area (Å²) in [6.45, 7) is 1.49. The van der Waals surface area contributed by atoms with E-state index in [0.717, 1.165) is 11.6 Å². The Labute approximate surface area is 132 Å². The Morgan fingerprint density at radius 1 is 1.39 bits per heavy atom. The van der Waals surface area contributed by atoms with Gasteiger partial charge in [-0.3, -0.25) is 0 Å². The Morgan fingerprint density at radius 3 is 2.87 bits per heavy atom. The van der Waals surface area contributed by atoms with Crippen molar-refractivity contribution in [1.29, 1.82) is 0 Å². The van der Waals surface area contributed by atoms with Gasteiger partial charge in [0, 0.05) is 6.20 Å². The number of hydrogen-bond acceptors (Lipinski definition) is 5. The first kappa shape index (κ1) is 15.5. The molecule has 3 aromatic rings. The van der Waals surface area contributed by atoms with Gasteiger partial charge < -0.3 is 4.74 Å². The number of halogens is 3. The summed E-state index contributed by atoms with van der Waals surface area (Å²) in [5, 5.41) is 6.23. The Morgan fingerprint density at radius 2 is 2.17 bits per heavy atom. The highest BCUT2D eigenvalue weighted by atomic mass is 32.1. The van der Waals surface area contributed by atoms with Crippen molar-refractivity contribution >= 4 is 27.4 Å². The maximum Gasteiger partial charge on any atom is 0.434 e. The maximum absolute atomic E-state index is 13.5. The third-order valence-electron chi connectivity index (χ3n) is 3.08. The van der Waals surface area contributed by atoms with Crippen molar-refractivity contribution in [1.82, 2.24) is 14.8 Å². The number of hydrogen-bond donors (Lipinski definition) is 0. The largest absolute Gasteiger partial charge is 0.462 e. The van der Waals surface area contributed by atoms with Crippen molar-refractivity contribution < 1.29 is 22.7 Å². The first-order valence-corrected chi connectivity index (χ1v) is 7.46. The topological polar surface area (TPSA) is 57.0 Å². The van der Waals surface area contributed by atoms with Crippen molar-refractivity contribution in [2.75, 3.05) is 6.61 Å². The molecule has 0 radical (unpaired) electrons. The van der Waals surface area contributed by atoms with E-state index in [1.54, 1.807) is 17.5 Å². The summed E-state index contributed by atoms with van der Waals surface area (Å²) in [6.07, 6.45) is -2.52. The molecule has 9 heteroatoms. The number of carbonyl (C=O) groups excluding carboxylic acids is 1. The van der Waals surface area contributed by atoms with E-state index in [-0.39, 0.29) is 12.4 Å². The minimum absolute atomic E-state index is 0.0277. The SMILES string of the molecule is CCOC(=O)c1cnn(-c2nccc3ccsc23)c1C(F)(F)F. The van der Waals surface area contributed by atoms with Crippen LogP contribution in [-0.2, 0) is 10.9 Å². The number of alkyl halides is 3. The lowest BCUT2D eigenvalue weighted by molar-refractivity contribution is -0.143. The molecule has 0 amide bonds. The van der Waals surface area contributed by atoms with Gasteiger partial charge in [0.15, 0.2) is 11.5 Å². The number of esters is 1. The van der Waals surface area contributed by atoms with Crippen LogP contribution in [0.15, 0.2) is 29.9 Å². The van der Waals surface area contributed by atoms with Gasteiger partial charge in [-0.05, 0) is 29.8 Å². The molecule has 0 aliphatic carbocycles. The molecule has 0 atom stereocenters. The van der Waals surface area contributed by atoms with Crippen molar-refractivity contribution in [2.24, 2.45) is 0 Å². The highest BCUT2D eigenvalue weighted by Crippen LogP contribution is 2.35. The molecule has 0 aliphatic heterocycles. The lowest BCUT2D eigenvalue weighted by atomic mass is 10.2. The van der Waals surface area contributed by atoms with Crippen LogP contribution in [0.3, 0.4) is 0 Å². The Hall–Kier alpha value is -2.42. The molecule has 0 fully saturated rings. The quantitative estimate of drug-likeness (QED) is 0.682. The summed E-state index contributed by atoms with van der Waals surface area (Å²) in [5.74, 6) is -1.04. The molecule has 120 valence electrons. The number of rotatable bonds is 3. The molecular weight excluding hydrogens is 331 g/mol. The molecule has 3 heterocycles. The van der Waals surface area contributed by atoms with Gasteiger partial charge in [0.05, 0.1) is 17.5 Å². The number of ether oxygens (including phenoxy) is 1. The van der Waals surface area contributed by atoms with E-state index in [9.17, 15) is 18.0 Å². The first-order chi connectivity index (χ1) is 10.9. The van der Waals surface area contributed by atoms with E-state index in [2.05, 4.69) is 14.8 Å². The fourth-order valence-electron chi connectivity index (χ4n) is 2.17. The second kappa shape index (κ2) is 5.65. The number of carbonyl (C=O) groups is 1. The molecule has 3 aromatic heterocycles. The summed E-state index contributed by atoms with van der Waals surface area (Å²) >= 11 is 1.25. The van der Waals surface area contributed by atoms with Crippen molar-refractivity contribution in [3.8, 4) is 5.82 Å². The van der Waals surface area contributed by atoms with Crippen LogP contribution < -0.4 is 0 Å². The van der Waals surface area contributed by atoms with Crippen LogP contribution >= 0.6 is 11.3 Å². The monoisotopic (exact) mass is 341 g/mol. The lowest BCUT2D eigenvalue weighted by Gasteiger charge is -2.12. The zero-order valence-corrected chi connectivity index (χ0v) is 12.6. The average molecular weight is 341 g/mol. The smallest absolute Gasteiger partial charge is 0.434 e. The Kier molecular flexibility index (Phi) is 3.80. The highest BCUT2D eigenvalue weighted by Gasteiger charge is 2.41.